The number of hydrogen-bond donors (Lipinski definition) is 0. The minimum absolute atomic E-state index is 0.0660. The van der Waals surface area contributed by atoms with Crippen molar-refractivity contribution in [2.75, 3.05) is 27.8 Å². The van der Waals surface area contributed by atoms with Crippen LogP contribution >= 0.6 is 12.2 Å². The molecule has 0 aliphatic carbocycles. The van der Waals surface area contributed by atoms with Crippen LogP contribution < -0.4 is 14.7 Å². The van der Waals surface area contributed by atoms with E-state index in [0.717, 1.165) is 35.5 Å². The third kappa shape index (κ3) is 4.75. The van der Waals surface area contributed by atoms with Crippen molar-refractivity contribution in [1.29, 1.82) is 0 Å². The van der Waals surface area contributed by atoms with Gasteiger partial charge in [-0.05, 0) is 99.1 Å². The summed E-state index contributed by atoms with van der Waals surface area (Å²) in [6, 6.07) is 22.8. The highest BCUT2D eigenvalue weighted by Crippen LogP contribution is 2.31. The van der Waals surface area contributed by atoms with Crippen molar-refractivity contribution in [3.05, 3.63) is 95.1 Å². The second-order valence-corrected chi connectivity index (χ2v) is 8.85. The minimum Gasteiger partial charge on any atom is -0.372 e. The van der Waals surface area contributed by atoms with E-state index in [-0.39, 0.29) is 10.7 Å². The van der Waals surface area contributed by atoms with E-state index in [9.17, 15) is 9.59 Å². The van der Waals surface area contributed by atoms with Crippen molar-refractivity contribution < 1.29 is 9.59 Å². The lowest BCUT2D eigenvalue weighted by molar-refractivity contribution is -0.120. The molecule has 4 rings (SSSR count). The Hall–Kier alpha value is -3.77. The maximum atomic E-state index is 13.7. The summed E-state index contributed by atoms with van der Waals surface area (Å²) < 4.78 is 0. The van der Waals surface area contributed by atoms with E-state index in [2.05, 4.69) is 18.7 Å². The van der Waals surface area contributed by atoms with Gasteiger partial charge in [0.2, 0.25) is 0 Å². The van der Waals surface area contributed by atoms with Crippen LogP contribution in [0.4, 0.5) is 17.1 Å². The van der Waals surface area contributed by atoms with Gasteiger partial charge in [-0.25, -0.2) is 0 Å². The Morgan fingerprint density at radius 3 is 1.94 bits per heavy atom. The highest BCUT2D eigenvalue weighted by Gasteiger charge is 2.41. The van der Waals surface area contributed by atoms with Crippen LogP contribution in [0.3, 0.4) is 0 Å². The second kappa shape index (κ2) is 10.2. The van der Waals surface area contributed by atoms with Gasteiger partial charge in [0, 0.05) is 18.8 Å². The molecule has 5 nitrogen and oxygen atoms in total. The number of benzene rings is 3. The third-order valence-corrected chi connectivity index (χ3v) is 6.71. The summed E-state index contributed by atoms with van der Waals surface area (Å²) in [7, 11) is 0. The zero-order valence-electron chi connectivity index (χ0n) is 20.5. The number of amides is 2. The molecule has 0 bridgehead atoms. The van der Waals surface area contributed by atoms with Crippen molar-refractivity contribution in [2.45, 2.75) is 27.7 Å². The Morgan fingerprint density at radius 2 is 1.37 bits per heavy atom. The first-order valence-corrected chi connectivity index (χ1v) is 12.2. The summed E-state index contributed by atoms with van der Waals surface area (Å²) in [4.78, 5) is 32.5. The van der Waals surface area contributed by atoms with E-state index in [4.69, 9.17) is 12.2 Å². The van der Waals surface area contributed by atoms with Gasteiger partial charge in [0.1, 0.15) is 5.57 Å². The number of hydrogen-bond acceptors (Lipinski definition) is 4. The molecule has 1 heterocycles. The summed E-state index contributed by atoms with van der Waals surface area (Å²) in [5, 5.41) is 0.142. The molecule has 0 unspecified atom stereocenters. The molecule has 0 spiro atoms. The maximum absolute atomic E-state index is 13.7. The molecule has 0 N–H and O–H groups in total. The van der Waals surface area contributed by atoms with Gasteiger partial charge in [-0.2, -0.15) is 0 Å². The van der Waals surface area contributed by atoms with Crippen LogP contribution in [0.5, 0.6) is 0 Å². The molecule has 3 aromatic carbocycles. The van der Waals surface area contributed by atoms with E-state index in [1.54, 1.807) is 6.08 Å². The lowest BCUT2D eigenvalue weighted by Crippen LogP contribution is -2.57. The molecule has 0 saturated carbocycles. The SMILES string of the molecule is CCN(CC)c1ccc(C=C2C(=O)N(c3ccccc3)C(=S)N(c3ccc(C)c(C)c3)C2=O)cc1. The number of carbonyl (C=O) groups is 2. The van der Waals surface area contributed by atoms with E-state index in [0.29, 0.717) is 11.4 Å². The summed E-state index contributed by atoms with van der Waals surface area (Å²) in [5.41, 5.74) is 5.35. The highest BCUT2D eigenvalue weighted by molar-refractivity contribution is 7.81. The lowest BCUT2D eigenvalue weighted by Gasteiger charge is -2.36. The minimum atomic E-state index is -0.431. The van der Waals surface area contributed by atoms with Crippen molar-refractivity contribution >= 4 is 52.3 Å². The van der Waals surface area contributed by atoms with E-state index in [1.807, 2.05) is 86.6 Å². The molecule has 1 fully saturated rings. The Morgan fingerprint density at radius 1 is 0.771 bits per heavy atom. The van der Waals surface area contributed by atoms with Gasteiger partial charge in [0.05, 0.1) is 11.4 Å². The molecule has 2 amide bonds. The van der Waals surface area contributed by atoms with Crippen molar-refractivity contribution in [3.63, 3.8) is 0 Å². The average Bonchev–Trinajstić information content (AvgIpc) is 2.86. The summed E-state index contributed by atoms with van der Waals surface area (Å²) in [6.45, 7) is 10.0. The molecule has 1 aliphatic heterocycles. The van der Waals surface area contributed by atoms with Gasteiger partial charge in [0.15, 0.2) is 5.11 Å². The van der Waals surface area contributed by atoms with Crippen LogP contribution in [0.15, 0.2) is 78.4 Å². The quantitative estimate of drug-likeness (QED) is 0.249. The molecular formula is C29H29N3O2S. The largest absolute Gasteiger partial charge is 0.372 e. The van der Waals surface area contributed by atoms with Gasteiger partial charge in [-0.15, -0.1) is 0 Å². The molecule has 1 aliphatic rings. The predicted octanol–water partition coefficient (Wildman–Crippen LogP) is 5.90. The topological polar surface area (TPSA) is 43.9 Å². The number of thiocarbonyl (C=S) groups is 1. The first kappa shape index (κ1) is 24.4. The molecule has 1 saturated heterocycles. The van der Waals surface area contributed by atoms with Crippen molar-refractivity contribution in [3.8, 4) is 0 Å². The zero-order valence-corrected chi connectivity index (χ0v) is 21.3. The van der Waals surface area contributed by atoms with E-state index >= 15 is 0 Å². The molecule has 35 heavy (non-hydrogen) atoms. The number of rotatable bonds is 6. The summed E-state index contributed by atoms with van der Waals surface area (Å²) in [5.74, 6) is -0.859. The van der Waals surface area contributed by atoms with Crippen molar-refractivity contribution in [2.24, 2.45) is 0 Å². The van der Waals surface area contributed by atoms with Gasteiger partial charge in [-0.3, -0.25) is 19.4 Å². The van der Waals surface area contributed by atoms with Gasteiger partial charge < -0.3 is 4.90 Å². The van der Waals surface area contributed by atoms with Gasteiger partial charge in [-0.1, -0.05) is 36.4 Å². The molecule has 178 valence electrons. The normalized spacial score (nSPS) is 15.2. The Bertz CT molecular complexity index is 1300. The van der Waals surface area contributed by atoms with Crippen LogP contribution in [0.25, 0.3) is 6.08 Å². The molecule has 0 atom stereocenters. The second-order valence-electron chi connectivity index (χ2n) is 8.49. The standard InChI is InChI=1S/C29H29N3O2S/c1-5-30(6-2)23-16-13-22(14-17-23)19-26-27(33)31(24-10-8-7-9-11-24)29(35)32(28(26)34)25-15-12-20(3)21(4)18-25/h7-19H,5-6H2,1-4H3. The monoisotopic (exact) mass is 483 g/mol. The fraction of sp³-hybridized carbons (Fsp3) is 0.207. The molecule has 6 heteroatoms. The first-order valence-electron chi connectivity index (χ1n) is 11.8. The Kier molecular flexibility index (Phi) is 7.12. The highest BCUT2D eigenvalue weighted by atomic mass is 32.1. The first-order chi connectivity index (χ1) is 16.8. The zero-order chi connectivity index (χ0) is 25.1. The van der Waals surface area contributed by atoms with Crippen LogP contribution in [0.2, 0.25) is 0 Å². The third-order valence-electron chi connectivity index (χ3n) is 6.35. The number of para-hydroxylation sites is 1. The summed E-state index contributed by atoms with van der Waals surface area (Å²) in [6.07, 6.45) is 1.66. The van der Waals surface area contributed by atoms with Crippen LogP contribution in [-0.4, -0.2) is 30.0 Å². The van der Waals surface area contributed by atoms with Gasteiger partial charge >= 0.3 is 0 Å². The van der Waals surface area contributed by atoms with Crippen LogP contribution in [0.1, 0.15) is 30.5 Å². The smallest absolute Gasteiger partial charge is 0.270 e. The van der Waals surface area contributed by atoms with Gasteiger partial charge in [0.25, 0.3) is 11.8 Å². The molecule has 0 aromatic heterocycles. The molecule has 3 aromatic rings. The number of carbonyl (C=O) groups excluding carboxylic acids is 2. The Balaban J connectivity index is 1.81. The van der Waals surface area contributed by atoms with Crippen molar-refractivity contribution in [1.82, 2.24) is 0 Å². The fourth-order valence-electron chi connectivity index (χ4n) is 4.16. The average molecular weight is 484 g/mol. The Labute approximate surface area is 212 Å². The molecule has 0 radical (unpaired) electrons. The number of aryl methyl sites for hydroxylation is 2. The van der Waals surface area contributed by atoms with Crippen LogP contribution in [-0.2, 0) is 9.59 Å². The number of anilines is 3. The fourth-order valence-corrected chi connectivity index (χ4v) is 4.54. The maximum Gasteiger partial charge on any atom is 0.270 e. The molecular weight excluding hydrogens is 454 g/mol. The predicted molar refractivity (Wildman–Crippen MR) is 148 cm³/mol. The van der Waals surface area contributed by atoms with E-state index in [1.165, 1.54) is 9.80 Å². The van der Waals surface area contributed by atoms with E-state index < -0.39 is 11.8 Å². The summed E-state index contributed by atoms with van der Waals surface area (Å²) >= 11 is 5.71. The number of nitrogens with zero attached hydrogens (tertiary/aromatic N) is 3. The lowest BCUT2D eigenvalue weighted by atomic mass is 10.0. The van der Waals surface area contributed by atoms with Crippen LogP contribution in [0, 0.1) is 13.8 Å².